The van der Waals surface area contributed by atoms with E-state index < -0.39 is 11.7 Å². The highest BCUT2D eigenvalue weighted by atomic mass is 16.7. The Morgan fingerprint density at radius 1 is 1.10 bits per heavy atom. The average molecular weight is 292 g/mol. The van der Waals surface area contributed by atoms with Crippen LogP contribution in [0.15, 0.2) is 30.3 Å². The molecule has 3 heteroatoms. The fourth-order valence-electron chi connectivity index (χ4n) is 1.61. The third-order valence-corrected chi connectivity index (χ3v) is 3.60. The van der Waals surface area contributed by atoms with E-state index in [9.17, 15) is 4.79 Å². The second-order valence-electron chi connectivity index (χ2n) is 7.14. The Morgan fingerprint density at radius 2 is 1.67 bits per heavy atom. The molecule has 1 aromatic rings. The van der Waals surface area contributed by atoms with Crippen LogP contribution in [0.25, 0.3) is 0 Å². The van der Waals surface area contributed by atoms with Crippen molar-refractivity contribution in [1.82, 2.24) is 0 Å². The second kappa shape index (κ2) is 7.08. The molecule has 0 aliphatic rings. The summed E-state index contributed by atoms with van der Waals surface area (Å²) >= 11 is 0. The fraction of sp³-hybridized carbons (Fsp3) is 0.611. The molecule has 21 heavy (non-hydrogen) atoms. The summed E-state index contributed by atoms with van der Waals surface area (Å²) in [5, 5.41) is 0. The standard InChI is InChI=1S/C18H28O3/c1-7-18(5,6)15(19)21-16(17(2,3)4)20-13-14-11-9-8-10-12-14/h8-12,16H,7,13H2,1-6H3. The topological polar surface area (TPSA) is 35.5 Å². The molecule has 0 amide bonds. The summed E-state index contributed by atoms with van der Waals surface area (Å²) < 4.78 is 11.5. The normalized spacial score (nSPS) is 13.8. The number of ether oxygens (including phenoxy) is 2. The van der Waals surface area contributed by atoms with Crippen molar-refractivity contribution in [3.8, 4) is 0 Å². The summed E-state index contributed by atoms with van der Waals surface area (Å²) in [4.78, 5) is 12.3. The average Bonchev–Trinajstić information content (AvgIpc) is 2.42. The summed E-state index contributed by atoms with van der Waals surface area (Å²) in [7, 11) is 0. The van der Waals surface area contributed by atoms with Crippen LogP contribution in [0.3, 0.4) is 0 Å². The SMILES string of the molecule is CCC(C)(C)C(=O)OC(OCc1ccccc1)C(C)(C)C. The van der Waals surface area contributed by atoms with Crippen LogP contribution in [0.2, 0.25) is 0 Å². The highest BCUT2D eigenvalue weighted by molar-refractivity contribution is 5.75. The summed E-state index contributed by atoms with van der Waals surface area (Å²) in [6.45, 7) is 12.2. The molecule has 0 radical (unpaired) electrons. The van der Waals surface area contributed by atoms with Gasteiger partial charge in [0.2, 0.25) is 6.29 Å². The Kier molecular flexibility index (Phi) is 5.97. The zero-order valence-electron chi connectivity index (χ0n) is 14.1. The Balaban J connectivity index is 2.72. The lowest BCUT2D eigenvalue weighted by Gasteiger charge is -2.33. The number of benzene rings is 1. The van der Waals surface area contributed by atoms with Gasteiger partial charge in [0, 0.05) is 5.41 Å². The van der Waals surface area contributed by atoms with Crippen LogP contribution in [0.5, 0.6) is 0 Å². The molecule has 0 heterocycles. The van der Waals surface area contributed by atoms with Crippen LogP contribution >= 0.6 is 0 Å². The van der Waals surface area contributed by atoms with Gasteiger partial charge in [-0.3, -0.25) is 4.79 Å². The zero-order valence-corrected chi connectivity index (χ0v) is 14.1. The number of rotatable bonds is 6. The molecule has 1 atom stereocenters. The van der Waals surface area contributed by atoms with E-state index in [2.05, 4.69) is 0 Å². The van der Waals surface area contributed by atoms with Crippen molar-refractivity contribution in [3.05, 3.63) is 35.9 Å². The highest BCUT2D eigenvalue weighted by Gasteiger charge is 2.35. The Hall–Kier alpha value is -1.35. The largest absolute Gasteiger partial charge is 0.435 e. The number of carbonyl (C=O) groups is 1. The maximum Gasteiger partial charge on any atom is 0.313 e. The quantitative estimate of drug-likeness (QED) is 0.570. The molecule has 0 bridgehead atoms. The number of carbonyl (C=O) groups excluding carboxylic acids is 1. The molecule has 0 N–H and O–H groups in total. The predicted octanol–water partition coefficient (Wildman–Crippen LogP) is 4.55. The van der Waals surface area contributed by atoms with Gasteiger partial charge in [-0.15, -0.1) is 0 Å². The van der Waals surface area contributed by atoms with Gasteiger partial charge in [-0.25, -0.2) is 0 Å². The lowest BCUT2D eigenvalue weighted by atomic mass is 9.90. The van der Waals surface area contributed by atoms with Crippen LogP contribution in [0.1, 0.15) is 53.5 Å². The molecule has 0 saturated carbocycles. The van der Waals surface area contributed by atoms with Crippen molar-refractivity contribution in [2.75, 3.05) is 0 Å². The van der Waals surface area contributed by atoms with Gasteiger partial charge in [0.05, 0.1) is 12.0 Å². The van der Waals surface area contributed by atoms with Gasteiger partial charge in [-0.1, -0.05) is 58.0 Å². The molecule has 0 aromatic heterocycles. The maximum atomic E-state index is 12.3. The van der Waals surface area contributed by atoms with Gasteiger partial charge >= 0.3 is 5.97 Å². The van der Waals surface area contributed by atoms with Crippen molar-refractivity contribution >= 4 is 5.97 Å². The predicted molar refractivity (Wildman–Crippen MR) is 84.6 cm³/mol. The first-order chi connectivity index (χ1) is 9.66. The molecule has 1 aromatic carbocycles. The molecular formula is C18H28O3. The van der Waals surface area contributed by atoms with E-state index in [-0.39, 0.29) is 11.4 Å². The molecule has 1 rings (SSSR count). The maximum absolute atomic E-state index is 12.3. The smallest absolute Gasteiger partial charge is 0.313 e. The summed E-state index contributed by atoms with van der Waals surface area (Å²) in [5.74, 6) is -0.210. The molecular weight excluding hydrogens is 264 g/mol. The van der Waals surface area contributed by atoms with Gasteiger partial charge in [-0.2, -0.15) is 0 Å². The summed E-state index contributed by atoms with van der Waals surface area (Å²) in [5.41, 5.74) is 0.311. The van der Waals surface area contributed by atoms with Gasteiger partial charge in [0.15, 0.2) is 0 Å². The van der Waals surface area contributed by atoms with Gasteiger partial charge in [0.1, 0.15) is 0 Å². The molecule has 0 aliphatic heterocycles. The summed E-state index contributed by atoms with van der Waals surface area (Å²) in [6, 6.07) is 9.90. The van der Waals surface area contributed by atoms with Crippen molar-refractivity contribution in [3.63, 3.8) is 0 Å². The van der Waals surface area contributed by atoms with Gasteiger partial charge in [0.25, 0.3) is 0 Å². The van der Waals surface area contributed by atoms with E-state index in [1.807, 2.05) is 71.9 Å². The minimum atomic E-state index is -0.559. The molecule has 3 nitrogen and oxygen atoms in total. The van der Waals surface area contributed by atoms with E-state index in [4.69, 9.17) is 9.47 Å². The lowest BCUT2D eigenvalue weighted by Crippen LogP contribution is -2.38. The second-order valence-corrected chi connectivity index (χ2v) is 7.14. The third kappa shape index (κ3) is 5.50. The van der Waals surface area contributed by atoms with Crippen molar-refractivity contribution < 1.29 is 14.3 Å². The van der Waals surface area contributed by atoms with Crippen LogP contribution in [-0.2, 0) is 20.9 Å². The summed E-state index contributed by atoms with van der Waals surface area (Å²) in [6.07, 6.45) is 0.178. The highest BCUT2D eigenvalue weighted by Crippen LogP contribution is 2.29. The Morgan fingerprint density at radius 3 is 2.14 bits per heavy atom. The molecule has 1 unspecified atom stereocenters. The first kappa shape index (κ1) is 17.7. The fourth-order valence-corrected chi connectivity index (χ4v) is 1.61. The van der Waals surface area contributed by atoms with Crippen LogP contribution in [0.4, 0.5) is 0 Å². The number of hydrogen-bond acceptors (Lipinski definition) is 3. The van der Waals surface area contributed by atoms with E-state index in [1.165, 1.54) is 0 Å². The van der Waals surface area contributed by atoms with Crippen molar-refractivity contribution in [2.24, 2.45) is 10.8 Å². The van der Waals surface area contributed by atoms with E-state index in [1.54, 1.807) is 0 Å². The van der Waals surface area contributed by atoms with Gasteiger partial charge in [-0.05, 0) is 25.8 Å². The van der Waals surface area contributed by atoms with Crippen molar-refractivity contribution in [1.29, 1.82) is 0 Å². The monoisotopic (exact) mass is 292 g/mol. The molecule has 0 saturated heterocycles. The first-order valence-electron chi connectivity index (χ1n) is 7.53. The van der Waals surface area contributed by atoms with E-state index in [0.29, 0.717) is 6.61 Å². The van der Waals surface area contributed by atoms with Crippen LogP contribution in [-0.4, -0.2) is 12.3 Å². The third-order valence-electron chi connectivity index (χ3n) is 3.60. The minimum absolute atomic E-state index is 0.210. The Labute approximate surface area is 128 Å². The molecule has 0 aliphatic carbocycles. The first-order valence-corrected chi connectivity index (χ1v) is 7.53. The van der Waals surface area contributed by atoms with Crippen LogP contribution < -0.4 is 0 Å². The van der Waals surface area contributed by atoms with Crippen LogP contribution in [0, 0.1) is 10.8 Å². The lowest BCUT2D eigenvalue weighted by molar-refractivity contribution is -0.215. The van der Waals surface area contributed by atoms with Gasteiger partial charge < -0.3 is 9.47 Å². The Bertz CT molecular complexity index is 443. The molecule has 118 valence electrons. The molecule has 0 fully saturated rings. The zero-order chi connectivity index (χ0) is 16.1. The molecule has 0 spiro atoms. The van der Waals surface area contributed by atoms with E-state index in [0.717, 1.165) is 12.0 Å². The van der Waals surface area contributed by atoms with E-state index >= 15 is 0 Å². The number of esters is 1. The van der Waals surface area contributed by atoms with Crippen molar-refractivity contribution in [2.45, 2.75) is 60.9 Å². The number of hydrogen-bond donors (Lipinski definition) is 0. The minimum Gasteiger partial charge on any atom is -0.435 e.